The number of carbonyl (C=O) groups is 2. The summed E-state index contributed by atoms with van der Waals surface area (Å²) in [6, 6.07) is 0. The molecule has 2 fully saturated rings. The Morgan fingerprint density at radius 3 is 2.32 bits per heavy atom. The third-order valence-corrected chi connectivity index (χ3v) is 5.45. The molecule has 0 aromatic rings. The number of amides is 1. The number of carboxylic acid groups (broad SMARTS) is 1. The minimum Gasteiger partial charge on any atom is -0.480 e. The molecule has 0 bridgehead atoms. The number of hydrogen-bond donors (Lipinski definition) is 2. The van der Waals surface area contributed by atoms with Gasteiger partial charge in [-0.3, -0.25) is 9.59 Å². The molecule has 1 saturated heterocycles. The Morgan fingerprint density at radius 2 is 1.79 bits per heavy atom. The van der Waals surface area contributed by atoms with Gasteiger partial charge in [-0.05, 0) is 12.8 Å². The Labute approximate surface area is 112 Å². The van der Waals surface area contributed by atoms with Crippen LogP contribution in [0.15, 0.2) is 0 Å². The number of aliphatic carboxylic acids is 1. The maximum absolute atomic E-state index is 12.0. The average Bonchev–Trinajstić information content (AvgIpc) is 2.77. The standard InChI is InChI=1S/C11H18N2O5S/c14-10(15)5-12-19(17,18)9-6-13(7-9)11(16)8-3-1-2-4-8/h8-9,12H,1-7H2,(H,14,15). The van der Waals surface area contributed by atoms with Crippen LogP contribution in [0.4, 0.5) is 0 Å². The smallest absolute Gasteiger partial charge is 0.318 e. The fourth-order valence-corrected chi connectivity index (χ4v) is 3.84. The Kier molecular flexibility index (Phi) is 4.10. The van der Waals surface area contributed by atoms with Crippen molar-refractivity contribution in [3.05, 3.63) is 0 Å². The number of carboxylic acids is 1. The number of hydrogen-bond acceptors (Lipinski definition) is 4. The molecule has 1 aliphatic carbocycles. The van der Waals surface area contributed by atoms with Crippen LogP contribution in [0.2, 0.25) is 0 Å². The Bertz CT molecular complexity index is 463. The molecule has 1 heterocycles. The van der Waals surface area contributed by atoms with Gasteiger partial charge in [-0.15, -0.1) is 0 Å². The SMILES string of the molecule is O=C(O)CNS(=O)(=O)C1CN(C(=O)C2CCCC2)C1. The molecule has 7 nitrogen and oxygen atoms in total. The summed E-state index contributed by atoms with van der Waals surface area (Å²) < 4.78 is 25.4. The molecule has 1 aliphatic heterocycles. The van der Waals surface area contributed by atoms with Crippen LogP contribution in [0.1, 0.15) is 25.7 Å². The van der Waals surface area contributed by atoms with Gasteiger partial charge in [0.25, 0.3) is 0 Å². The third-order valence-electron chi connectivity index (χ3n) is 3.73. The van der Waals surface area contributed by atoms with Gasteiger partial charge >= 0.3 is 5.97 Å². The molecule has 0 unspecified atom stereocenters. The minimum atomic E-state index is -3.63. The summed E-state index contributed by atoms with van der Waals surface area (Å²) in [5.41, 5.74) is 0. The van der Waals surface area contributed by atoms with Crippen LogP contribution in [-0.4, -0.2) is 55.2 Å². The first kappa shape index (κ1) is 14.3. The van der Waals surface area contributed by atoms with Crippen LogP contribution in [-0.2, 0) is 19.6 Å². The van der Waals surface area contributed by atoms with Crippen LogP contribution in [0, 0.1) is 5.92 Å². The maximum atomic E-state index is 12.0. The Morgan fingerprint density at radius 1 is 1.21 bits per heavy atom. The number of sulfonamides is 1. The van der Waals surface area contributed by atoms with E-state index in [4.69, 9.17) is 5.11 Å². The summed E-state index contributed by atoms with van der Waals surface area (Å²) in [4.78, 5) is 23.9. The normalized spacial score (nSPS) is 21.4. The molecule has 0 aromatic heterocycles. The molecule has 1 amide bonds. The average molecular weight is 290 g/mol. The molecule has 2 rings (SSSR count). The molecule has 108 valence electrons. The highest BCUT2D eigenvalue weighted by molar-refractivity contribution is 7.90. The lowest BCUT2D eigenvalue weighted by molar-refractivity contribution is -0.139. The van der Waals surface area contributed by atoms with Crippen molar-refractivity contribution in [2.45, 2.75) is 30.9 Å². The van der Waals surface area contributed by atoms with E-state index in [0.29, 0.717) is 0 Å². The van der Waals surface area contributed by atoms with E-state index in [0.717, 1.165) is 25.7 Å². The van der Waals surface area contributed by atoms with Crippen LogP contribution in [0.5, 0.6) is 0 Å². The monoisotopic (exact) mass is 290 g/mol. The fourth-order valence-electron chi connectivity index (χ4n) is 2.53. The van der Waals surface area contributed by atoms with E-state index >= 15 is 0 Å². The number of carbonyl (C=O) groups excluding carboxylic acids is 1. The van der Waals surface area contributed by atoms with Crippen molar-refractivity contribution in [2.24, 2.45) is 5.92 Å². The number of likely N-dealkylation sites (tertiary alicyclic amines) is 1. The van der Waals surface area contributed by atoms with Gasteiger partial charge in [0.2, 0.25) is 15.9 Å². The molecule has 0 aromatic carbocycles. The zero-order valence-corrected chi connectivity index (χ0v) is 11.4. The Hall–Kier alpha value is -1.15. The van der Waals surface area contributed by atoms with E-state index < -0.39 is 27.8 Å². The van der Waals surface area contributed by atoms with Crippen LogP contribution in [0.25, 0.3) is 0 Å². The molecule has 0 spiro atoms. The van der Waals surface area contributed by atoms with Crippen molar-refractivity contribution in [3.8, 4) is 0 Å². The Balaban J connectivity index is 1.81. The van der Waals surface area contributed by atoms with E-state index in [9.17, 15) is 18.0 Å². The lowest BCUT2D eigenvalue weighted by atomic mass is 10.0. The first-order chi connectivity index (χ1) is 8.90. The number of rotatable bonds is 5. The first-order valence-corrected chi connectivity index (χ1v) is 7.94. The molecular formula is C11H18N2O5S. The molecular weight excluding hydrogens is 272 g/mol. The minimum absolute atomic E-state index is 0.0437. The predicted molar refractivity (Wildman–Crippen MR) is 66.9 cm³/mol. The van der Waals surface area contributed by atoms with Gasteiger partial charge in [0.15, 0.2) is 0 Å². The third kappa shape index (κ3) is 3.24. The van der Waals surface area contributed by atoms with Gasteiger partial charge < -0.3 is 10.0 Å². The number of nitrogens with one attached hydrogen (secondary N) is 1. The highest BCUT2D eigenvalue weighted by Crippen LogP contribution is 2.29. The molecule has 8 heteroatoms. The summed E-state index contributed by atoms with van der Waals surface area (Å²) >= 11 is 0. The van der Waals surface area contributed by atoms with Gasteiger partial charge in [0.1, 0.15) is 11.8 Å². The molecule has 2 aliphatic rings. The van der Waals surface area contributed by atoms with Gasteiger partial charge in [-0.1, -0.05) is 12.8 Å². The lowest BCUT2D eigenvalue weighted by Gasteiger charge is -2.39. The largest absolute Gasteiger partial charge is 0.480 e. The number of nitrogens with zero attached hydrogens (tertiary/aromatic N) is 1. The quantitative estimate of drug-likeness (QED) is 0.703. The second kappa shape index (κ2) is 5.46. The summed E-state index contributed by atoms with van der Waals surface area (Å²) in [6.07, 6.45) is 3.91. The fraction of sp³-hybridized carbons (Fsp3) is 0.818. The highest BCUT2D eigenvalue weighted by Gasteiger charge is 2.41. The van der Waals surface area contributed by atoms with Crippen molar-refractivity contribution in [1.29, 1.82) is 0 Å². The highest BCUT2D eigenvalue weighted by atomic mass is 32.2. The topological polar surface area (TPSA) is 104 Å². The summed E-state index contributed by atoms with van der Waals surface area (Å²) in [5, 5.41) is 7.76. The van der Waals surface area contributed by atoms with E-state index in [1.807, 2.05) is 4.72 Å². The van der Waals surface area contributed by atoms with E-state index in [2.05, 4.69) is 0 Å². The van der Waals surface area contributed by atoms with Gasteiger partial charge in [0.05, 0.1) is 0 Å². The van der Waals surface area contributed by atoms with Crippen molar-refractivity contribution < 1.29 is 23.1 Å². The molecule has 0 radical (unpaired) electrons. The van der Waals surface area contributed by atoms with Crippen molar-refractivity contribution in [2.75, 3.05) is 19.6 Å². The lowest BCUT2D eigenvalue weighted by Crippen LogP contribution is -2.60. The molecule has 0 atom stereocenters. The zero-order valence-electron chi connectivity index (χ0n) is 10.5. The first-order valence-electron chi connectivity index (χ1n) is 6.39. The van der Waals surface area contributed by atoms with Crippen LogP contribution >= 0.6 is 0 Å². The molecule has 19 heavy (non-hydrogen) atoms. The second-order valence-electron chi connectivity index (χ2n) is 5.11. The van der Waals surface area contributed by atoms with Crippen LogP contribution in [0.3, 0.4) is 0 Å². The summed E-state index contributed by atoms with van der Waals surface area (Å²) in [6.45, 7) is -0.274. The van der Waals surface area contributed by atoms with Gasteiger partial charge in [-0.2, -0.15) is 0 Å². The maximum Gasteiger partial charge on any atom is 0.318 e. The van der Waals surface area contributed by atoms with Gasteiger partial charge in [0, 0.05) is 19.0 Å². The summed E-state index contributed by atoms with van der Waals surface area (Å²) in [5.74, 6) is -1.13. The van der Waals surface area contributed by atoms with Gasteiger partial charge in [-0.25, -0.2) is 13.1 Å². The van der Waals surface area contributed by atoms with Crippen molar-refractivity contribution in [3.63, 3.8) is 0 Å². The van der Waals surface area contributed by atoms with E-state index in [-0.39, 0.29) is 24.9 Å². The summed E-state index contributed by atoms with van der Waals surface area (Å²) in [7, 11) is -3.63. The molecule has 2 N–H and O–H groups in total. The van der Waals surface area contributed by atoms with Crippen LogP contribution < -0.4 is 4.72 Å². The van der Waals surface area contributed by atoms with Crippen molar-refractivity contribution >= 4 is 21.9 Å². The molecule has 1 saturated carbocycles. The second-order valence-corrected chi connectivity index (χ2v) is 7.15. The van der Waals surface area contributed by atoms with E-state index in [1.54, 1.807) is 4.90 Å². The van der Waals surface area contributed by atoms with Crippen molar-refractivity contribution in [1.82, 2.24) is 9.62 Å². The van der Waals surface area contributed by atoms with E-state index in [1.165, 1.54) is 0 Å². The predicted octanol–water partition coefficient (Wildman–Crippen LogP) is -0.609. The zero-order chi connectivity index (χ0) is 14.0.